The SMILES string of the molecule is C1=c2ccccc2=C(N(c2ccccc2)c2ccc3c(c2)C2(c4ccccc4-c4ccccc42)c2cc(N(c4ccccc4)c4cccc5ccccc45)ccc2-3)CC1. The van der Waals surface area contributed by atoms with Gasteiger partial charge in [0.2, 0.25) is 0 Å². The van der Waals surface area contributed by atoms with Gasteiger partial charge >= 0.3 is 0 Å². The predicted octanol–water partition coefficient (Wildman–Crippen LogP) is 13.2. The molecule has 0 radical (unpaired) electrons. The summed E-state index contributed by atoms with van der Waals surface area (Å²) in [5.41, 5.74) is 17.1. The Labute approximate surface area is 344 Å². The summed E-state index contributed by atoms with van der Waals surface area (Å²) in [6, 6.07) is 78.8. The highest BCUT2D eigenvalue weighted by molar-refractivity contribution is 6.01. The number of hydrogen-bond acceptors (Lipinski definition) is 2. The van der Waals surface area contributed by atoms with Crippen molar-refractivity contribution in [1.29, 1.82) is 0 Å². The minimum absolute atomic E-state index is 0.531. The van der Waals surface area contributed by atoms with Crippen molar-refractivity contribution < 1.29 is 0 Å². The predicted molar refractivity (Wildman–Crippen MR) is 246 cm³/mol. The minimum atomic E-state index is -0.531. The van der Waals surface area contributed by atoms with Gasteiger partial charge in [0.1, 0.15) is 0 Å². The van der Waals surface area contributed by atoms with Gasteiger partial charge in [-0.05, 0) is 123 Å². The number of nitrogens with zero attached hydrogens (tertiary/aromatic N) is 2. The van der Waals surface area contributed by atoms with Crippen molar-refractivity contribution in [1.82, 2.24) is 0 Å². The first-order valence-electron chi connectivity index (χ1n) is 20.7. The lowest BCUT2D eigenvalue weighted by Gasteiger charge is -2.34. The van der Waals surface area contributed by atoms with Gasteiger partial charge in [-0.1, -0.05) is 164 Å². The van der Waals surface area contributed by atoms with Gasteiger partial charge in [0, 0.05) is 39.1 Å². The van der Waals surface area contributed by atoms with E-state index in [0.29, 0.717) is 0 Å². The van der Waals surface area contributed by atoms with Crippen LogP contribution in [-0.2, 0) is 5.41 Å². The zero-order chi connectivity index (χ0) is 38.9. The molecule has 0 atom stereocenters. The van der Waals surface area contributed by atoms with Crippen LogP contribution in [0.1, 0.15) is 35.1 Å². The van der Waals surface area contributed by atoms with Crippen LogP contribution in [0, 0.1) is 0 Å². The van der Waals surface area contributed by atoms with Gasteiger partial charge in [-0.25, -0.2) is 0 Å². The Morgan fingerprint density at radius 1 is 0.373 bits per heavy atom. The van der Waals surface area contributed by atoms with Crippen LogP contribution in [0.3, 0.4) is 0 Å². The van der Waals surface area contributed by atoms with Crippen LogP contribution in [0.25, 0.3) is 44.8 Å². The summed E-state index contributed by atoms with van der Waals surface area (Å²) >= 11 is 0. The maximum absolute atomic E-state index is 2.53. The fourth-order valence-corrected chi connectivity index (χ4v) is 10.5. The molecule has 0 heterocycles. The topological polar surface area (TPSA) is 6.48 Å². The molecule has 3 aliphatic carbocycles. The normalized spacial score (nSPS) is 13.9. The van der Waals surface area contributed by atoms with E-state index in [9.17, 15) is 0 Å². The molecule has 0 unspecified atom stereocenters. The van der Waals surface area contributed by atoms with E-state index in [4.69, 9.17) is 0 Å². The number of benzene rings is 9. The molecule has 0 fully saturated rings. The fraction of sp³-hybridized carbons (Fsp3) is 0.0526. The Balaban J connectivity index is 1.15. The Bertz CT molecular complexity index is 3190. The quantitative estimate of drug-likeness (QED) is 0.167. The van der Waals surface area contributed by atoms with Gasteiger partial charge < -0.3 is 9.80 Å². The second-order valence-corrected chi connectivity index (χ2v) is 15.9. The lowest BCUT2D eigenvalue weighted by atomic mass is 9.70. The molecule has 0 bridgehead atoms. The highest BCUT2D eigenvalue weighted by Crippen LogP contribution is 2.64. The molecule has 0 saturated heterocycles. The van der Waals surface area contributed by atoms with Crippen LogP contribution >= 0.6 is 0 Å². The standard InChI is InChI=1S/C57H40N2/c1-3-21-41(22-4-1)58(55-31-15-19-39-17-7-9-25-45(39)55)43-33-35-49-50-36-34-44(59(42-23-5-2-6-24-42)56-32-16-20-40-18-8-10-26-46(40)56)38-54(50)57(53(49)37-43)51-29-13-11-27-47(51)48-28-12-14-30-52(48)57/h1-15,17-31,33-38H,16,32H2. The first-order chi connectivity index (χ1) is 29.3. The van der Waals surface area contributed by atoms with E-state index in [0.717, 1.165) is 29.9 Å². The van der Waals surface area contributed by atoms with E-state index in [-0.39, 0.29) is 0 Å². The Morgan fingerprint density at radius 3 is 1.59 bits per heavy atom. The molecular weight excluding hydrogens is 713 g/mol. The van der Waals surface area contributed by atoms with Gasteiger partial charge in [-0.2, -0.15) is 0 Å². The van der Waals surface area contributed by atoms with Gasteiger partial charge in [-0.3, -0.25) is 0 Å². The zero-order valence-corrected chi connectivity index (χ0v) is 32.6. The third-order valence-corrected chi connectivity index (χ3v) is 12.9. The lowest BCUT2D eigenvalue weighted by Crippen LogP contribution is -2.35. The van der Waals surface area contributed by atoms with Crippen molar-refractivity contribution in [2.75, 3.05) is 9.80 Å². The van der Waals surface area contributed by atoms with Gasteiger partial charge in [0.15, 0.2) is 0 Å². The third kappa shape index (κ3) is 5.00. The summed E-state index contributed by atoms with van der Waals surface area (Å²) in [5, 5.41) is 5.05. The summed E-state index contributed by atoms with van der Waals surface area (Å²) in [7, 11) is 0. The summed E-state index contributed by atoms with van der Waals surface area (Å²) in [6.07, 6.45) is 4.36. The minimum Gasteiger partial charge on any atom is -0.314 e. The second-order valence-electron chi connectivity index (χ2n) is 15.9. The van der Waals surface area contributed by atoms with E-state index < -0.39 is 5.41 Å². The van der Waals surface area contributed by atoms with E-state index >= 15 is 0 Å². The Morgan fingerprint density at radius 2 is 0.898 bits per heavy atom. The summed E-state index contributed by atoms with van der Waals surface area (Å²) in [5.74, 6) is 0. The van der Waals surface area contributed by atoms with Crippen molar-refractivity contribution in [3.05, 3.63) is 245 Å². The maximum Gasteiger partial charge on any atom is 0.0727 e. The lowest BCUT2D eigenvalue weighted by molar-refractivity contribution is 0.793. The monoisotopic (exact) mass is 752 g/mol. The molecule has 59 heavy (non-hydrogen) atoms. The Kier molecular flexibility index (Phi) is 7.61. The van der Waals surface area contributed by atoms with Crippen LogP contribution in [0.2, 0.25) is 0 Å². The van der Waals surface area contributed by atoms with Crippen molar-refractivity contribution in [3.63, 3.8) is 0 Å². The zero-order valence-electron chi connectivity index (χ0n) is 32.6. The molecule has 1 spiro atoms. The van der Waals surface area contributed by atoms with Crippen molar-refractivity contribution in [2.24, 2.45) is 0 Å². The third-order valence-electron chi connectivity index (χ3n) is 12.9. The fourth-order valence-electron chi connectivity index (χ4n) is 10.5. The molecule has 0 amide bonds. The Hall–Kier alpha value is -7.42. The summed E-state index contributed by atoms with van der Waals surface area (Å²) < 4.78 is 0. The first-order valence-corrected chi connectivity index (χ1v) is 20.7. The molecule has 2 nitrogen and oxygen atoms in total. The molecule has 9 aromatic rings. The average Bonchev–Trinajstić information content (AvgIpc) is 3.77. The summed E-state index contributed by atoms with van der Waals surface area (Å²) in [6.45, 7) is 0. The molecule has 0 saturated carbocycles. The molecule has 0 aliphatic heterocycles. The average molecular weight is 753 g/mol. The van der Waals surface area contributed by atoms with E-state index in [1.165, 1.54) is 82.8 Å². The highest BCUT2D eigenvalue weighted by atomic mass is 15.2. The van der Waals surface area contributed by atoms with Crippen LogP contribution in [0.4, 0.5) is 28.4 Å². The first kappa shape index (κ1) is 33.7. The van der Waals surface area contributed by atoms with Crippen molar-refractivity contribution in [3.8, 4) is 22.3 Å². The molecular formula is C57H40N2. The van der Waals surface area contributed by atoms with Crippen LogP contribution < -0.4 is 20.2 Å². The largest absolute Gasteiger partial charge is 0.314 e. The number of anilines is 5. The number of para-hydroxylation sites is 2. The molecule has 3 aliphatic rings. The smallest absolute Gasteiger partial charge is 0.0727 e. The van der Waals surface area contributed by atoms with Crippen LogP contribution in [0.15, 0.2) is 212 Å². The number of hydrogen-bond donors (Lipinski definition) is 0. The maximum atomic E-state index is 2.53. The van der Waals surface area contributed by atoms with Gasteiger partial charge in [-0.15, -0.1) is 0 Å². The van der Waals surface area contributed by atoms with E-state index in [2.05, 4.69) is 228 Å². The molecule has 0 N–H and O–H groups in total. The molecule has 2 heteroatoms. The van der Waals surface area contributed by atoms with Gasteiger partial charge in [0.25, 0.3) is 0 Å². The molecule has 0 aromatic heterocycles. The molecule has 278 valence electrons. The van der Waals surface area contributed by atoms with Crippen LogP contribution in [0.5, 0.6) is 0 Å². The molecule has 12 rings (SSSR count). The second kappa shape index (κ2) is 13.3. The highest BCUT2D eigenvalue weighted by Gasteiger charge is 2.52. The summed E-state index contributed by atoms with van der Waals surface area (Å²) in [4.78, 5) is 4.97. The van der Waals surface area contributed by atoms with Crippen molar-refractivity contribution >= 4 is 51.0 Å². The number of fused-ring (bicyclic) bond motifs is 12. The molecule has 9 aromatic carbocycles. The van der Waals surface area contributed by atoms with Crippen LogP contribution in [-0.4, -0.2) is 0 Å². The van der Waals surface area contributed by atoms with Crippen molar-refractivity contribution in [2.45, 2.75) is 18.3 Å². The van der Waals surface area contributed by atoms with E-state index in [1.807, 2.05) is 0 Å². The number of rotatable bonds is 6. The van der Waals surface area contributed by atoms with Gasteiger partial charge in [0.05, 0.1) is 11.1 Å². The van der Waals surface area contributed by atoms with E-state index in [1.54, 1.807) is 0 Å².